The second kappa shape index (κ2) is 4.38. The fourth-order valence-corrected chi connectivity index (χ4v) is 3.05. The molecule has 0 fully saturated rings. The number of nitrogens with zero attached hydrogens (tertiary/aromatic N) is 1. The van der Waals surface area contributed by atoms with Crippen LogP contribution in [0.4, 0.5) is 22.0 Å². The molecule has 0 aromatic carbocycles. The lowest BCUT2D eigenvalue weighted by Crippen LogP contribution is -2.44. The van der Waals surface area contributed by atoms with Gasteiger partial charge in [0.05, 0.1) is 10.4 Å². The van der Waals surface area contributed by atoms with Crippen molar-refractivity contribution >= 4 is 27.4 Å². The van der Waals surface area contributed by atoms with E-state index < -0.39 is 43.4 Å². The zero-order valence-corrected chi connectivity index (χ0v) is 12.2. The molecular formula is C10H8F5NO3S2. The molecule has 0 radical (unpaired) electrons. The van der Waals surface area contributed by atoms with Crippen LogP contribution in [0.15, 0.2) is 16.4 Å². The van der Waals surface area contributed by atoms with Crippen LogP contribution in [-0.4, -0.2) is 25.4 Å². The predicted octanol–water partition coefficient (Wildman–Crippen LogP) is 3.24. The molecule has 2 rings (SSSR count). The van der Waals surface area contributed by atoms with E-state index in [4.69, 9.17) is 0 Å². The van der Waals surface area contributed by atoms with Gasteiger partial charge < -0.3 is 4.18 Å². The van der Waals surface area contributed by atoms with Crippen LogP contribution in [0.3, 0.4) is 0 Å². The van der Waals surface area contributed by atoms with Gasteiger partial charge in [-0.15, -0.1) is 11.3 Å². The first-order valence-electron chi connectivity index (χ1n) is 5.36. The Hall–Kier alpha value is -1.23. The van der Waals surface area contributed by atoms with Crippen molar-refractivity contribution in [1.29, 1.82) is 0 Å². The van der Waals surface area contributed by atoms with Crippen molar-refractivity contribution < 1.29 is 34.6 Å². The van der Waals surface area contributed by atoms with E-state index >= 15 is 0 Å². The summed E-state index contributed by atoms with van der Waals surface area (Å²) in [4.78, 5) is 2.76. The normalized spacial score (nSPS) is 20.6. The second-order valence-electron chi connectivity index (χ2n) is 4.70. The quantitative estimate of drug-likeness (QED) is 0.444. The summed E-state index contributed by atoms with van der Waals surface area (Å²) >= 11 is 0.585. The third kappa shape index (κ3) is 2.41. The first-order chi connectivity index (χ1) is 9.30. The molecule has 0 N–H and O–H groups in total. The third-order valence-electron chi connectivity index (χ3n) is 2.80. The zero-order valence-electron chi connectivity index (χ0n) is 10.5. The Balaban J connectivity index is 2.55. The molecule has 0 aliphatic carbocycles. The molecule has 2 heterocycles. The Bertz CT molecular complexity index is 703. The molecule has 1 aromatic rings. The highest BCUT2D eigenvalue weighted by Gasteiger charge is 2.56. The topological polar surface area (TPSA) is 55.7 Å². The molecule has 0 spiro atoms. The highest BCUT2D eigenvalue weighted by Crippen LogP contribution is 2.48. The Morgan fingerprint density at radius 2 is 1.86 bits per heavy atom. The number of alkyl halides is 5. The molecule has 0 saturated heterocycles. The number of hydrogen-bond donors (Lipinski definition) is 0. The van der Waals surface area contributed by atoms with Gasteiger partial charge in [-0.1, -0.05) is 0 Å². The van der Waals surface area contributed by atoms with Gasteiger partial charge in [-0.05, 0) is 25.3 Å². The number of aliphatic imine (C=N–C) groups is 1. The van der Waals surface area contributed by atoms with Gasteiger partial charge in [0.15, 0.2) is 0 Å². The van der Waals surface area contributed by atoms with Crippen molar-refractivity contribution in [3.05, 3.63) is 21.9 Å². The van der Waals surface area contributed by atoms with Crippen LogP contribution in [0, 0.1) is 0 Å². The van der Waals surface area contributed by atoms with E-state index in [9.17, 15) is 30.4 Å². The Morgan fingerprint density at radius 3 is 2.38 bits per heavy atom. The number of fused-ring (bicyclic) bond motifs is 1. The lowest BCUT2D eigenvalue weighted by Gasteiger charge is -2.34. The second-order valence-corrected chi connectivity index (χ2v) is 7.15. The molecule has 0 bridgehead atoms. The summed E-state index contributed by atoms with van der Waals surface area (Å²) in [6.07, 6.45) is 0. The summed E-state index contributed by atoms with van der Waals surface area (Å²) in [5, 5.41) is 1.19. The van der Waals surface area contributed by atoms with Crippen molar-refractivity contribution in [2.45, 2.75) is 30.8 Å². The summed E-state index contributed by atoms with van der Waals surface area (Å²) < 4.78 is 91.2. The molecule has 1 aliphatic rings. The number of thiophene rings is 1. The van der Waals surface area contributed by atoms with Crippen LogP contribution in [-0.2, 0) is 20.2 Å². The van der Waals surface area contributed by atoms with Crippen LogP contribution < -0.4 is 0 Å². The van der Waals surface area contributed by atoms with E-state index in [0.717, 1.165) is 19.9 Å². The highest BCUT2D eigenvalue weighted by atomic mass is 32.2. The summed E-state index contributed by atoms with van der Waals surface area (Å²) in [5.74, 6) is -4.44. The van der Waals surface area contributed by atoms with Crippen molar-refractivity contribution in [2.24, 2.45) is 4.99 Å². The molecule has 11 heteroatoms. The summed E-state index contributed by atoms with van der Waals surface area (Å²) in [5.41, 5.74) is -8.27. The van der Waals surface area contributed by atoms with Gasteiger partial charge in [0.1, 0.15) is 5.54 Å². The van der Waals surface area contributed by atoms with Crippen LogP contribution in [0.25, 0.3) is 0 Å². The minimum absolute atomic E-state index is 0.461. The standard InChI is InChI=1S/C10H8F5NO3S2/c1-8(2)9(11,12)6-5(3-4-20-6)7(16-8)19-21(17,18)10(13,14)15/h3-4H,1-2H3. The number of halogens is 5. The summed E-state index contributed by atoms with van der Waals surface area (Å²) in [6.45, 7) is 1.94. The van der Waals surface area contributed by atoms with Gasteiger partial charge in [0, 0.05) is 0 Å². The SMILES string of the molecule is CC1(C)N=C(OS(=O)(=O)C(F)(F)F)c2ccsc2C1(F)F. The van der Waals surface area contributed by atoms with Crippen LogP contribution >= 0.6 is 11.3 Å². The third-order valence-corrected chi connectivity index (χ3v) is 4.73. The summed E-state index contributed by atoms with van der Waals surface area (Å²) in [6, 6.07) is 1.04. The highest BCUT2D eigenvalue weighted by molar-refractivity contribution is 7.88. The minimum Gasteiger partial charge on any atom is -0.355 e. The molecule has 4 nitrogen and oxygen atoms in total. The van der Waals surface area contributed by atoms with Crippen LogP contribution in [0.1, 0.15) is 24.3 Å². The first kappa shape index (κ1) is 16.1. The molecule has 21 heavy (non-hydrogen) atoms. The molecular weight excluding hydrogens is 341 g/mol. The maximum atomic E-state index is 14.1. The average molecular weight is 349 g/mol. The summed E-state index contributed by atoms with van der Waals surface area (Å²) in [7, 11) is -5.98. The molecule has 1 aromatic heterocycles. The monoisotopic (exact) mass is 349 g/mol. The molecule has 0 atom stereocenters. The molecule has 0 unspecified atom stereocenters. The molecule has 118 valence electrons. The van der Waals surface area contributed by atoms with E-state index in [2.05, 4.69) is 9.18 Å². The van der Waals surface area contributed by atoms with Gasteiger partial charge in [-0.25, -0.2) is 4.99 Å². The first-order valence-corrected chi connectivity index (χ1v) is 7.65. The molecule has 0 amide bonds. The van der Waals surface area contributed by atoms with E-state index in [1.807, 2.05) is 0 Å². The molecule has 1 aliphatic heterocycles. The fraction of sp³-hybridized carbons (Fsp3) is 0.500. The number of hydrogen-bond acceptors (Lipinski definition) is 5. The van der Waals surface area contributed by atoms with Gasteiger partial charge in [0.25, 0.3) is 0 Å². The average Bonchev–Trinajstić information content (AvgIpc) is 2.73. The minimum atomic E-state index is -5.98. The lowest BCUT2D eigenvalue weighted by molar-refractivity contribution is -0.0662. The van der Waals surface area contributed by atoms with Crippen molar-refractivity contribution in [1.82, 2.24) is 0 Å². The Morgan fingerprint density at radius 1 is 1.29 bits per heavy atom. The van der Waals surface area contributed by atoms with Gasteiger partial charge in [-0.2, -0.15) is 30.4 Å². The van der Waals surface area contributed by atoms with Crippen molar-refractivity contribution in [3.63, 3.8) is 0 Å². The van der Waals surface area contributed by atoms with Gasteiger partial charge in [-0.3, -0.25) is 0 Å². The van der Waals surface area contributed by atoms with Crippen LogP contribution in [0.2, 0.25) is 0 Å². The van der Waals surface area contributed by atoms with Gasteiger partial charge >= 0.3 is 21.5 Å². The van der Waals surface area contributed by atoms with Crippen molar-refractivity contribution in [2.75, 3.05) is 0 Å². The molecule has 0 saturated carbocycles. The largest absolute Gasteiger partial charge is 0.534 e. The van der Waals surface area contributed by atoms with E-state index in [0.29, 0.717) is 11.3 Å². The maximum Gasteiger partial charge on any atom is 0.534 e. The smallest absolute Gasteiger partial charge is 0.355 e. The van der Waals surface area contributed by atoms with E-state index in [1.165, 1.54) is 5.38 Å². The number of rotatable bonds is 1. The fourth-order valence-electron chi connectivity index (χ4n) is 1.60. The van der Waals surface area contributed by atoms with Crippen LogP contribution in [0.5, 0.6) is 0 Å². The predicted molar refractivity (Wildman–Crippen MR) is 64.9 cm³/mol. The maximum absolute atomic E-state index is 14.1. The van der Waals surface area contributed by atoms with Gasteiger partial charge in [0.2, 0.25) is 5.90 Å². The Kier molecular flexibility index (Phi) is 3.37. The lowest BCUT2D eigenvalue weighted by atomic mass is 9.91. The van der Waals surface area contributed by atoms with E-state index in [-0.39, 0.29) is 0 Å². The van der Waals surface area contributed by atoms with E-state index in [1.54, 1.807) is 0 Å². The zero-order chi connectivity index (χ0) is 16.3. The van der Waals surface area contributed by atoms with Crippen molar-refractivity contribution in [3.8, 4) is 0 Å². The Labute approximate surface area is 120 Å².